The summed E-state index contributed by atoms with van der Waals surface area (Å²) < 4.78 is 0. The van der Waals surface area contributed by atoms with Crippen LogP contribution in [0, 0.1) is 22.7 Å². The fraction of sp³-hybridized carbons (Fsp3) is 1.00. The summed E-state index contributed by atoms with van der Waals surface area (Å²) in [6.07, 6.45) is 2.59. The van der Waals surface area contributed by atoms with E-state index in [1.54, 1.807) is 0 Å². The second-order valence-corrected chi connectivity index (χ2v) is 5.19. The SMILES string of the molecule is CC1CC1C1(CO)CC1(C)C. The molecular weight excluding hydrogens is 136 g/mol. The van der Waals surface area contributed by atoms with E-state index in [4.69, 9.17) is 0 Å². The van der Waals surface area contributed by atoms with Crippen molar-refractivity contribution < 1.29 is 5.11 Å². The molecule has 1 N–H and O–H groups in total. The van der Waals surface area contributed by atoms with Crippen molar-refractivity contribution in [3.63, 3.8) is 0 Å². The highest BCUT2D eigenvalue weighted by molar-refractivity contribution is 5.17. The van der Waals surface area contributed by atoms with Crippen LogP contribution in [0.15, 0.2) is 0 Å². The van der Waals surface area contributed by atoms with Gasteiger partial charge in [-0.15, -0.1) is 0 Å². The Morgan fingerprint density at radius 2 is 1.91 bits per heavy atom. The lowest BCUT2D eigenvalue weighted by molar-refractivity contribution is 0.156. The highest BCUT2D eigenvalue weighted by atomic mass is 16.3. The lowest BCUT2D eigenvalue weighted by atomic mass is 9.90. The van der Waals surface area contributed by atoms with E-state index in [2.05, 4.69) is 20.8 Å². The Morgan fingerprint density at radius 3 is 2.00 bits per heavy atom. The number of aliphatic hydroxyl groups is 1. The molecule has 0 aliphatic heterocycles. The first-order valence-corrected chi connectivity index (χ1v) is 4.64. The van der Waals surface area contributed by atoms with Crippen molar-refractivity contribution in [1.29, 1.82) is 0 Å². The van der Waals surface area contributed by atoms with Crippen LogP contribution in [0.3, 0.4) is 0 Å². The standard InChI is InChI=1S/C10H18O/c1-7-4-8(7)10(6-11)5-9(10,2)3/h7-8,11H,4-6H2,1-3H3. The molecule has 0 heterocycles. The van der Waals surface area contributed by atoms with E-state index < -0.39 is 0 Å². The molecular formula is C10H18O. The number of hydrogen-bond acceptors (Lipinski definition) is 1. The fourth-order valence-electron chi connectivity index (χ4n) is 2.86. The van der Waals surface area contributed by atoms with Crippen LogP contribution in [0.5, 0.6) is 0 Å². The van der Waals surface area contributed by atoms with Crippen LogP contribution in [0.2, 0.25) is 0 Å². The molecule has 0 bridgehead atoms. The molecule has 2 rings (SSSR count). The van der Waals surface area contributed by atoms with Crippen LogP contribution in [0.1, 0.15) is 33.6 Å². The average Bonchev–Trinajstić information content (AvgIpc) is 2.72. The predicted molar refractivity (Wildman–Crippen MR) is 45.2 cm³/mol. The van der Waals surface area contributed by atoms with Crippen LogP contribution in [0.25, 0.3) is 0 Å². The summed E-state index contributed by atoms with van der Waals surface area (Å²) in [6, 6.07) is 0. The molecule has 11 heavy (non-hydrogen) atoms. The quantitative estimate of drug-likeness (QED) is 0.645. The first-order chi connectivity index (χ1) is 5.03. The Morgan fingerprint density at radius 1 is 1.45 bits per heavy atom. The molecule has 0 aromatic heterocycles. The monoisotopic (exact) mass is 154 g/mol. The first-order valence-electron chi connectivity index (χ1n) is 4.64. The summed E-state index contributed by atoms with van der Waals surface area (Å²) in [5.41, 5.74) is 0.754. The first kappa shape index (κ1) is 7.60. The van der Waals surface area contributed by atoms with Crippen molar-refractivity contribution >= 4 is 0 Å². The van der Waals surface area contributed by atoms with E-state index in [1.807, 2.05) is 0 Å². The second-order valence-electron chi connectivity index (χ2n) is 5.19. The van der Waals surface area contributed by atoms with E-state index in [1.165, 1.54) is 12.8 Å². The van der Waals surface area contributed by atoms with Gasteiger partial charge in [-0.25, -0.2) is 0 Å². The van der Waals surface area contributed by atoms with Gasteiger partial charge in [-0.05, 0) is 30.1 Å². The number of rotatable bonds is 2. The van der Waals surface area contributed by atoms with Crippen LogP contribution in [-0.4, -0.2) is 11.7 Å². The summed E-state index contributed by atoms with van der Waals surface area (Å²) in [5.74, 6) is 1.71. The van der Waals surface area contributed by atoms with Crippen LogP contribution >= 0.6 is 0 Å². The minimum atomic E-state index is 0.326. The summed E-state index contributed by atoms with van der Waals surface area (Å²) >= 11 is 0. The van der Waals surface area contributed by atoms with Gasteiger partial charge in [0.2, 0.25) is 0 Å². The maximum atomic E-state index is 9.32. The average molecular weight is 154 g/mol. The largest absolute Gasteiger partial charge is 0.396 e. The van der Waals surface area contributed by atoms with Gasteiger partial charge in [-0.1, -0.05) is 20.8 Å². The third-order valence-electron chi connectivity index (χ3n) is 4.08. The van der Waals surface area contributed by atoms with Gasteiger partial charge in [0.25, 0.3) is 0 Å². The van der Waals surface area contributed by atoms with E-state index in [-0.39, 0.29) is 0 Å². The number of hydrogen-bond donors (Lipinski definition) is 1. The van der Waals surface area contributed by atoms with Gasteiger partial charge in [0.05, 0.1) is 0 Å². The minimum Gasteiger partial charge on any atom is -0.396 e. The van der Waals surface area contributed by atoms with Crippen molar-refractivity contribution in [1.82, 2.24) is 0 Å². The molecule has 0 radical (unpaired) electrons. The van der Waals surface area contributed by atoms with Crippen molar-refractivity contribution in [2.75, 3.05) is 6.61 Å². The van der Waals surface area contributed by atoms with Crippen molar-refractivity contribution in [2.24, 2.45) is 22.7 Å². The summed E-state index contributed by atoms with van der Waals surface area (Å²) in [6.45, 7) is 7.29. The molecule has 0 spiro atoms. The Bertz CT molecular complexity index is 185. The molecule has 0 aromatic carbocycles. The van der Waals surface area contributed by atoms with Gasteiger partial charge >= 0.3 is 0 Å². The molecule has 1 nitrogen and oxygen atoms in total. The second kappa shape index (κ2) is 1.82. The van der Waals surface area contributed by atoms with Crippen LogP contribution < -0.4 is 0 Å². The molecule has 2 aliphatic carbocycles. The topological polar surface area (TPSA) is 20.2 Å². The van der Waals surface area contributed by atoms with E-state index in [0.29, 0.717) is 17.4 Å². The lowest BCUT2D eigenvalue weighted by Gasteiger charge is -2.16. The van der Waals surface area contributed by atoms with Gasteiger partial charge < -0.3 is 5.11 Å². The molecule has 2 saturated carbocycles. The zero-order chi connectivity index (χ0) is 8.28. The zero-order valence-electron chi connectivity index (χ0n) is 7.72. The molecule has 3 atom stereocenters. The van der Waals surface area contributed by atoms with Crippen molar-refractivity contribution in [3.05, 3.63) is 0 Å². The summed E-state index contributed by atoms with van der Waals surface area (Å²) in [7, 11) is 0. The van der Waals surface area contributed by atoms with Crippen LogP contribution in [-0.2, 0) is 0 Å². The van der Waals surface area contributed by atoms with Gasteiger partial charge in [0, 0.05) is 12.0 Å². The molecule has 64 valence electrons. The molecule has 1 heteroatoms. The Balaban J connectivity index is 2.10. The normalized spacial score (nSPS) is 52.4. The van der Waals surface area contributed by atoms with Gasteiger partial charge in [0.15, 0.2) is 0 Å². The molecule has 0 amide bonds. The van der Waals surface area contributed by atoms with E-state index in [9.17, 15) is 5.11 Å². The smallest absolute Gasteiger partial charge is 0.0495 e. The minimum absolute atomic E-state index is 0.326. The third-order valence-corrected chi connectivity index (χ3v) is 4.08. The molecule has 0 saturated heterocycles. The van der Waals surface area contributed by atoms with Gasteiger partial charge in [-0.2, -0.15) is 0 Å². The summed E-state index contributed by atoms with van der Waals surface area (Å²) in [5, 5.41) is 9.32. The molecule has 3 unspecified atom stereocenters. The summed E-state index contributed by atoms with van der Waals surface area (Å²) in [4.78, 5) is 0. The lowest BCUT2D eigenvalue weighted by Crippen LogP contribution is -2.17. The maximum Gasteiger partial charge on any atom is 0.0495 e. The Kier molecular flexibility index (Phi) is 1.26. The highest BCUT2D eigenvalue weighted by Crippen LogP contribution is 2.74. The van der Waals surface area contributed by atoms with Gasteiger partial charge in [-0.3, -0.25) is 0 Å². The predicted octanol–water partition coefficient (Wildman–Crippen LogP) is 2.05. The molecule has 2 fully saturated rings. The Labute approximate surface area is 68.8 Å². The molecule has 2 aliphatic rings. The maximum absolute atomic E-state index is 9.32. The van der Waals surface area contributed by atoms with Crippen molar-refractivity contribution in [3.8, 4) is 0 Å². The zero-order valence-corrected chi connectivity index (χ0v) is 7.72. The molecule has 0 aromatic rings. The number of aliphatic hydroxyl groups excluding tert-OH is 1. The van der Waals surface area contributed by atoms with E-state index in [0.717, 1.165) is 11.8 Å². The highest BCUT2D eigenvalue weighted by Gasteiger charge is 2.68. The fourth-order valence-corrected chi connectivity index (χ4v) is 2.86. The third kappa shape index (κ3) is 0.807. The Hall–Kier alpha value is -0.0400. The van der Waals surface area contributed by atoms with E-state index >= 15 is 0 Å². The van der Waals surface area contributed by atoms with Crippen LogP contribution in [0.4, 0.5) is 0 Å². The van der Waals surface area contributed by atoms with Crippen molar-refractivity contribution in [2.45, 2.75) is 33.6 Å². The van der Waals surface area contributed by atoms with Gasteiger partial charge in [0.1, 0.15) is 0 Å².